The zero-order valence-corrected chi connectivity index (χ0v) is 10.9. The van der Waals surface area contributed by atoms with Gasteiger partial charge >= 0.3 is 0 Å². The standard InChI is InChI=1S/C12H24N2S/c1-10-12(4-3-7-15-10)14-6-5-11(9-14)8-13-2/h10-13H,3-9H2,1-2H3. The molecule has 3 unspecified atom stereocenters. The smallest absolute Gasteiger partial charge is 0.0212 e. The van der Waals surface area contributed by atoms with E-state index >= 15 is 0 Å². The maximum Gasteiger partial charge on any atom is 0.0212 e. The Morgan fingerprint density at radius 3 is 3.00 bits per heavy atom. The average Bonchev–Trinajstić information content (AvgIpc) is 2.68. The Kier molecular flexibility index (Phi) is 4.35. The van der Waals surface area contributed by atoms with Crippen molar-refractivity contribution in [3.8, 4) is 0 Å². The first-order valence-corrected chi connectivity index (χ1v) is 7.36. The van der Waals surface area contributed by atoms with Crippen molar-refractivity contribution in [1.29, 1.82) is 0 Å². The van der Waals surface area contributed by atoms with Crippen LogP contribution in [0.5, 0.6) is 0 Å². The summed E-state index contributed by atoms with van der Waals surface area (Å²) in [5, 5.41) is 4.17. The van der Waals surface area contributed by atoms with Gasteiger partial charge in [-0.25, -0.2) is 0 Å². The molecule has 3 heteroatoms. The third kappa shape index (κ3) is 2.89. The molecule has 2 saturated heterocycles. The van der Waals surface area contributed by atoms with Crippen molar-refractivity contribution in [1.82, 2.24) is 10.2 Å². The van der Waals surface area contributed by atoms with Crippen LogP contribution < -0.4 is 5.32 Å². The summed E-state index contributed by atoms with van der Waals surface area (Å²) < 4.78 is 0. The van der Waals surface area contributed by atoms with Gasteiger partial charge in [0.2, 0.25) is 0 Å². The number of likely N-dealkylation sites (tertiary alicyclic amines) is 1. The number of nitrogens with zero attached hydrogens (tertiary/aromatic N) is 1. The Hall–Kier alpha value is 0.270. The number of nitrogens with one attached hydrogen (secondary N) is 1. The molecule has 0 aliphatic carbocycles. The third-order valence-electron chi connectivity index (χ3n) is 3.85. The Balaban J connectivity index is 1.83. The van der Waals surface area contributed by atoms with Crippen LogP contribution in [0.15, 0.2) is 0 Å². The van der Waals surface area contributed by atoms with Crippen LogP contribution in [0.25, 0.3) is 0 Å². The predicted molar refractivity (Wildman–Crippen MR) is 68.5 cm³/mol. The van der Waals surface area contributed by atoms with Gasteiger partial charge in [0.15, 0.2) is 0 Å². The quantitative estimate of drug-likeness (QED) is 0.793. The lowest BCUT2D eigenvalue weighted by atomic mass is 10.1. The third-order valence-corrected chi connectivity index (χ3v) is 5.21. The molecule has 2 nitrogen and oxygen atoms in total. The van der Waals surface area contributed by atoms with Gasteiger partial charge in [-0.05, 0) is 51.1 Å². The molecule has 0 amide bonds. The van der Waals surface area contributed by atoms with Gasteiger partial charge in [0, 0.05) is 17.8 Å². The van der Waals surface area contributed by atoms with E-state index in [2.05, 4.69) is 35.9 Å². The van der Waals surface area contributed by atoms with E-state index in [1.165, 1.54) is 44.6 Å². The SMILES string of the molecule is CNCC1CCN(C2CCCSC2C)C1. The second-order valence-corrected chi connectivity index (χ2v) is 6.48. The average molecular weight is 228 g/mol. The number of hydrogen-bond acceptors (Lipinski definition) is 3. The van der Waals surface area contributed by atoms with Gasteiger partial charge in [-0.2, -0.15) is 11.8 Å². The van der Waals surface area contributed by atoms with Gasteiger partial charge < -0.3 is 5.32 Å². The van der Waals surface area contributed by atoms with Gasteiger partial charge in [-0.1, -0.05) is 6.92 Å². The van der Waals surface area contributed by atoms with Crippen LogP contribution >= 0.6 is 11.8 Å². The van der Waals surface area contributed by atoms with E-state index in [0.29, 0.717) is 0 Å². The molecule has 0 bridgehead atoms. The number of hydrogen-bond donors (Lipinski definition) is 1. The van der Waals surface area contributed by atoms with Crippen LogP contribution in [-0.4, -0.2) is 48.6 Å². The van der Waals surface area contributed by atoms with E-state index in [0.717, 1.165) is 17.2 Å². The lowest BCUT2D eigenvalue weighted by Gasteiger charge is -2.35. The molecule has 0 spiro atoms. The second kappa shape index (κ2) is 5.55. The van der Waals surface area contributed by atoms with Crippen LogP contribution in [0, 0.1) is 5.92 Å². The summed E-state index contributed by atoms with van der Waals surface area (Å²) in [7, 11) is 2.07. The molecule has 2 heterocycles. The van der Waals surface area contributed by atoms with Crippen LogP contribution in [-0.2, 0) is 0 Å². The van der Waals surface area contributed by atoms with Crippen LogP contribution in [0.3, 0.4) is 0 Å². The van der Waals surface area contributed by atoms with E-state index in [9.17, 15) is 0 Å². The molecule has 2 aliphatic rings. The zero-order chi connectivity index (χ0) is 10.7. The van der Waals surface area contributed by atoms with Crippen LogP contribution in [0.4, 0.5) is 0 Å². The summed E-state index contributed by atoms with van der Waals surface area (Å²) >= 11 is 2.17. The van der Waals surface area contributed by atoms with E-state index in [1.807, 2.05) is 0 Å². The minimum absolute atomic E-state index is 0.854. The Labute approximate surface area is 98.2 Å². The van der Waals surface area contributed by atoms with Gasteiger partial charge in [0.1, 0.15) is 0 Å². The predicted octanol–water partition coefficient (Wildman–Crippen LogP) is 1.81. The maximum absolute atomic E-state index is 3.31. The molecule has 0 aromatic carbocycles. The van der Waals surface area contributed by atoms with Crippen LogP contribution in [0.2, 0.25) is 0 Å². The Morgan fingerprint density at radius 1 is 1.40 bits per heavy atom. The molecule has 1 N–H and O–H groups in total. The summed E-state index contributed by atoms with van der Waals surface area (Å²) in [4.78, 5) is 2.75. The van der Waals surface area contributed by atoms with Gasteiger partial charge in [0.25, 0.3) is 0 Å². The van der Waals surface area contributed by atoms with E-state index < -0.39 is 0 Å². The first-order valence-electron chi connectivity index (χ1n) is 6.31. The summed E-state index contributed by atoms with van der Waals surface area (Å²) in [6.45, 7) is 6.28. The summed E-state index contributed by atoms with van der Waals surface area (Å²) in [5.41, 5.74) is 0. The highest BCUT2D eigenvalue weighted by atomic mass is 32.2. The van der Waals surface area contributed by atoms with Gasteiger partial charge in [-0.15, -0.1) is 0 Å². The van der Waals surface area contributed by atoms with Crippen molar-refractivity contribution in [2.75, 3.05) is 32.4 Å². The molecule has 88 valence electrons. The largest absolute Gasteiger partial charge is 0.319 e. The summed E-state index contributed by atoms with van der Waals surface area (Å²) in [6.07, 6.45) is 4.25. The fraction of sp³-hybridized carbons (Fsp3) is 1.00. The van der Waals surface area contributed by atoms with Crippen molar-refractivity contribution in [3.63, 3.8) is 0 Å². The topological polar surface area (TPSA) is 15.3 Å². The number of thioether (sulfide) groups is 1. The summed E-state index contributed by atoms with van der Waals surface area (Å²) in [6, 6.07) is 0.866. The summed E-state index contributed by atoms with van der Waals surface area (Å²) in [5.74, 6) is 2.28. The fourth-order valence-corrected chi connectivity index (χ4v) is 4.24. The fourth-order valence-electron chi connectivity index (χ4n) is 3.01. The lowest BCUT2D eigenvalue weighted by Crippen LogP contribution is -2.42. The maximum atomic E-state index is 3.31. The van der Waals surface area contributed by atoms with Crippen molar-refractivity contribution in [2.24, 2.45) is 5.92 Å². The highest BCUT2D eigenvalue weighted by Crippen LogP contribution is 2.31. The molecule has 0 radical (unpaired) electrons. The highest BCUT2D eigenvalue weighted by molar-refractivity contribution is 7.99. The highest BCUT2D eigenvalue weighted by Gasteiger charge is 2.32. The van der Waals surface area contributed by atoms with Crippen LogP contribution in [0.1, 0.15) is 26.2 Å². The van der Waals surface area contributed by atoms with Crippen molar-refractivity contribution in [2.45, 2.75) is 37.5 Å². The monoisotopic (exact) mass is 228 g/mol. The molecule has 3 atom stereocenters. The molecular formula is C12H24N2S. The molecule has 15 heavy (non-hydrogen) atoms. The lowest BCUT2D eigenvalue weighted by molar-refractivity contribution is 0.216. The minimum Gasteiger partial charge on any atom is -0.319 e. The van der Waals surface area contributed by atoms with Crippen molar-refractivity contribution >= 4 is 11.8 Å². The zero-order valence-electron chi connectivity index (χ0n) is 10.0. The van der Waals surface area contributed by atoms with Crippen molar-refractivity contribution < 1.29 is 0 Å². The molecule has 2 fully saturated rings. The molecule has 2 aliphatic heterocycles. The van der Waals surface area contributed by atoms with E-state index in [1.54, 1.807) is 0 Å². The Bertz CT molecular complexity index is 198. The normalized spacial score (nSPS) is 38.4. The minimum atomic E-state index is 0.854. The first kappa shape index (κ1) is 11.7. The van der Waals surface area contributed by atoms with E-state index in [-0.39, 0.29) is 0 Å². The van der Waals surface area contributed by atoms with Gasteiger partial charge in [0.05, 0.1) is 0 Å². The van der Waals surface area contributed by atoms with Gasteiger partial charge in [-0.3, -0.25) is 4.90 Å². The molecule has 2 rings (SSSR count). The van der Waals surface area contributed by atoms with Crippen molar-refractivity contribution in [3.05, 3.63) is 0 Å². The second-order valence-electron chi connectivity index (χ2n) is 4.99. The Morgan fingerprint density at radius 2 is 2.27 bits per heavy atom. The van der Waals surface area contributed by atoms with E-state index in [4.69, 9.17) is 0 Å². The molecule has 0 saturated carbocycles. The molecular weight excluding hydrogens is 204 g/mol. The molecule has 0 aromatic rings. The molecule has 0 aromatic heterocycles. The number of rotatable bonds is 3. The first-order chi connectivity index (χ1) is 7.31.